The highest BCUT2D eigenvalue weighted by molar-refractivity contribution is 7.10. The number of fused-ring (bicyclic) bond motifs is 1. The van der Waals surface area contributed by atoms with Gasteiger partial charge in [-0.05, 0) is 124 Å². The minimum Gasteiger partial charge on any atom is -0.467 e. The van der Waals surface area contributed by atoms with Crippen molar-refractivity contribution in [3.8, 4) is 22.5 Å². The highest BCUT2D eigenvalue weighted by Gasteiger charge is 2.39. The number of hydrogen-bond donors (Lipinski definition) is 2. The van der Waals surface area contributed by atoms with E-state index in [4.69, 9.17) is 24.2 Å². The van der Waals surface area contributed by atoms with Crippen molar-refractivity contribution in [2.75, 3.05) is 66.2 Å². The van der Waals surface area contributed by atoms with Gasteiger partial charge in [-0.15, -0.1) is 11.3 Å². The molecule has 2 aliphatic heterocycles. The summed E-state index contributed by atoms with van der Waals surface area (Å²) in [5.41, 5.74) is 7.06. The maximum Gasteiger partial charge on any atom is 0.406 e. The van der Waals surface area contributed by atoms with E-state index in [9.17, 15) is 32.3 Å². The Kier molecular flexibility index (Phi) is 33.0. The third-order valence-corrected chi connectivity index (χ3v) is 18.3. The Morgan fingerprint density at radius 3 is 2.23 bits per heavy atom. The van der Waals surface area contributed by atoms with E-state index in [0.717, 1.165) is 69.1 Å². The molecule has 0 radical (unpaired) electrons. The van der Waals surface area contributed by atoms with E-state index in [0.29, 0.717) is 108 Å². The SMILES string of the molecule is CCCC(C)CC.CCCOCC(C)CC.CCCc1cnc(C(C)OC)c(-c2c(CC(C)(C)COC=O)c3cc(-c4csc(CC(NC(=O)C(C(C)C)N5CCC(CN(CC)C(=O)C(C)CC(C)C)C5)C(=O)N5CCCCN5)n4)ccc3n2CC(F)(F)F)c1. The number of amides is 3. The number of benzene rings is 1. The molecule has 6 rings (SSSR count). The second-order valence-electron chi connectivity index (χ2n) is 27.0. The average molecular weight is 1280 g/mol. The van der Waals surface area contributed by atoms with E-state index >= 15 is 0 Å². The molecule has 5 heterocycles. The molecule has 0 saturated carbocycles. The van der Waals surface area contributed by atoms with Crippen molar-refractivity contribution in [3.05, 3.63) is 57.7 Å². The number of methoxy groups -OCH3 is 1. The molecule has 1 aromatic carbocycles. The molecule has 2 N–H and O–H groups in total. The first-order valence-corrected chi connectivity index (χ1v) is 34.8. The molecule has 7 unspecified atom stereocenters. The van der Waals surface area contributed by atoms with Crippen molar-refractivity contribution >= 4 is 46.4 Å². The molecule has 19 heteroatoms. The van der Waals surface area contributed by atoms with Crippen LogP contribution in [0, 0.1) is 40.9 Å². The Morgan fingerprint density at radius 2 is 1.66 bits per heavy atom. The number of pyridine rings is 1. The maximum absolute atomic E-state index is 14.8. The first-order chi connectivity index (χ1) is 42.7. The molecule has 2 saturated heterocycles. The summed E-state index contributed by atoms with van der Waals surface area (Å²) >= 11 is 1.35. The topological polar surface area (TPSA) is 160 Å². The van der Waals surface area contributed by atoms with Crippen LogP contribution in [0.1, 0.15) is 203 Å². The molecule has 508 valence electrons. The summed E-state index contributed by atoms with van der Waals surface area (Å²) in [5, 5.41) is 7.84. The minimum absolute atomic E-state index is 0.0320. The van der Waals surface area contributed by atoms with E-state index in [1.165, 1.54) is 41.6 Å². The number of aryl methyl sites for hydroxylation is 1. The number of nitrogens with zero attached hydrogens (tertiary/aromatic N) is 6. The van der Waals surface area contributed by atoms with Gasteiger partial charge < -0.3 is 29.0 Å². The third-order valence-electron chi connectivity index (χ3n) is 17.4. The number of alkyl halides is 3. The number of likely N-dealkylation sites (tertiary alicyclic amines) is 1. The number of hydrazine groups is 1. The normalized spacial score (nSPS) is 16.8. The molecule has 15 nitrogen and oxygen atoms in total. The van der Waals surface area contributed by atoms with Gasteiger partial charge in [0, 0.05) is 104 Å². The summed E-state index contributed by atoms with van der Waals surface area (Å²) in [7, 11) is 1.54. The number of thiazole rings is 1. The summed E-state index contributed by atoms with van der Waals surface area (Å²) in [5.74, 6) is 1.87. The molecule has 0 bridgehead atoms. The van der Waals surface area contributed by atoms with Crippen LogP contribution in [-0.4, -0.2) is 138 Å². The molecular weight excluding hydrogens is 1170 g/mol. The van der Waals surface area contributed by atoms with Crippen LogP contribution in [0.5, 0.6) is 0 Å². The van der Waals surface area contributed by atoms with Crippen molar-refractivity contribution in [1.29, 1.82) is 0 Å². The van der Waals surface area contributed by atoms with Crippen LogP contribution >= 0.6 is 11.3 Å². The Balaban J connectivity index is 0.000000950. The van der Waals surface area contributed by atoms with Gasteiger partial charge in [0.2, 0.25) is 11.8 Å². The lowest BCUT2D eigenvalue weighted by atomic mass is 9.84. The molecule has 4 aromatic rings. The lowest BCUT2D eigenvalue weighted by molar-refractivity contribution is -0.141. The minimum atomic E-state index is -4.58. The molecule has 3 amide bonds. The van der Waals surface area contributed by atoms with Gasteiger partial charge in [0.1, 0.15) is 12.6 Å². The number of carbonyl (C=O) groups excluding carboxylic acids is 4. The van der Waals surface area contributed by atoms with Crippen LogP contribution in [0.25, 0.3) is 33.4 Å². The first-order valence-electron chi connectivity index (χ1n) is 33.9. The predicted octanol–water partition coefficient (Wildman–Crippen LogP) is 15.1. The molecule has 2 fully saturated rings. The van der Waals surface area contributed by atoms with Crippen molar-refractivity contribution in [2.45, 2.75) is 225 Å². The number of carbonyl (C=O) groups is 4. The first kappa shape index (κ1) is 77.5. The Hall–Kier alpha value is -4.95. The van der Waals surface area contributed by atoms with Gasteiger partial charge >= 0.3 is 6.18 Å². The van der Waals surface area contributed by atoms with Crippen LogP contribution in [0.3, 0.4) is 0 Å². The fourth-order valence-electron chi connectivity index (χ4n) is 12.2. The van der Waals surface area contributed by atoms with E-state index < -0.39 is 36.3 Å². The lowest BCUT2D eigenvalue weighted by Gasteiger charge is -2.34. The Bertz CT molecular complexity index is 2800. The summed E-state index contributed by atoms with van der Waals surface area (Å²) in [4.78, 5) is 67.9. The summed E-state index contributed by atoms with van der Waals surface area (Å²) < 4.78 is 62.1. The quantitative estimate of drug-likeness (QED) is 0.0345. The van der Waals surface area contributed by atoms with Crippen molar-refractivity contribution in [2.24, 2.45) is 40.9 Å². The van der Waals surface area contributed by atoms with Crippen LogP contribution < -0.4 is 10.7 Å². The van der Waals surface area contributed by atoms with E-state index in [1.54, 1.807) is 30.4 Å². The van der Waals surface area contributed by atoms with Crippen LogP contribution in [0.4, 0.5) is 13.2 Å². The molecule has 7 atom stereocenters. The molecule has 90 heavy (non-hydrogen) atoms. The number of halogens is 3. The van der Waals surface area contributed by atoms with Gasteiger partial charge in [0.15, 0.2) is 0 Å². The van der Waals surface area contributed by atoms with Gasteiger partial charge in [0.05, 0.1) is 40.8 Å². The van der Waals surface area contributed by atoms with Gasteiger partial charge in [-0.1, -0.05) is 135 Å². The number of ether oxygens (including phenoxy) is 3. The third kappa shape index (κ3) is 23.9. The zero-order valence-corrected chi connectivity index (χ0v) is 58.9. The van der Waals surface area contributed by atoms with Gasteiger partial charge in [0.25, 0.3) is 12.4 Å². The summed E-state index contributed by atoms with van der Waals surface area (Å²) in [6, 6.07) is 5.83. The van der Waals surface area contributed by atoms with Crippen LogP contribution in [-0.2, 0) is 59.2 Å². The summed E-state index contributed by atoms with van der Waals surface area (Å²) in [6.45, 7) is 38.1. The lowest BCUT2D eigenvalue weighted by Crippen LogP contribution is -2.59. The standard InChI is InChI=1S/C56H81F3N8O6S.C8H18O.C7H16/c1-12-16-39-24-43(49(60-28-39)38(8)72-11)51-44(27-55(9,10)33-73-34-68)42-25-41(17-18-47(42)66(51)32-56(57,58)59)46-31-74-48(62-46)26-45(54(71)67-21-15-14-20-61-67)63-52(69)50(36(5)6)65-22-19-40(30-65)29-64(13-2)53(70)37(7)23-35(3)4;1-4-6-9-7-8(3)5-2;1-4-6-7(3)5-2/h17-18,24-25,28,31,34-38,40,45,50,61H,12-16,19-23,26-27,29-30,32-33H2,1-11H3,(H,63,69);8H,4-7H2,1-3H3;7H,4-6H2,1-3H3. The molecular formula is C71H115F3N8O7S. The Morgan fingerprint density at radius 1 is 0.933 bits per heavy atom. The molecule has 2 aliphatic rings. The highest BCUT2D eigenvalue weighted by Crippen LogP contribution is 2.43. The van der Waals surface area contributed by atoms with Gasteiger partial charge in [-0.25, -0.2) is 10.4 Å². The summed E-state index contributed by atoms with van der Waals surface area (Å²) in [6.07, 6.45) is 8.37. The van der Waals surface area contributed by atoms with E-state index in [-0.39, 0.29) is 54.9 Å². The number of hydrogen-bond acceptors (Lipinski definition) is 12. The van der Waals surface area contributed by atoms with Crippen molar-refractivity contribution in [3.63, 3.8) is 0 Å². The monoisotopic (exact) mass is 1280 g/mol. The Labute approximate surface area is 543 Å². The van der Waals surface area contributed by atoms with Crippen molar-refractivity contribution in [1.82, 2.24) is 40.1 Å². The second-order valence-corrected chi connectivity index (χ2v) is 28.0. The largest absolute Gasteiger partial charge is 0.467 e. The second kappa shape index (κ2) is 38.3. The van der Waals surface area contributed by atoms with Gasteiger partial charge in [-0.2, -0.15) is 13.2 Å². The number of nitrogens with one attached hydrogen (secondary N) is 2. The van der Waals surface area contributed by atoms with E-state index in [2.05, 4.69) is 71.0 Å². The number of rotatable bonds is 33. The highest BCUT2D eigenvalue weighted by atomic mass is 32.1. The van der Waals surface area contributed by atoms with E-state index in [1.807, 2.05) is 77.8 Å². The maximum atomic E-state index is 14.8. The zero-order valence-electron chi connectivity index (χ0n) is 58.1. The number of aromatic nitrogens is 3. The predicted molar refractivity (Wildman–Crippen MR) is 360 cm³/mol. The van der Waals surface area contributed by atoms with Crippen LogP contribution in [0.15, 0.2) is 35.8 Å². The molecule has 0 spiro atoms. The zero-order chi connectivity index (χ0) is 66.9. The van der Waals surface area contributed by atoms with Crippen molar-refractivity contribution < 1.29 is 46.6 Å². The fraction of sp³-hybridized carbons (Fsp3) is 0.718. The molecule has 0 aliphatic carbocycles. The average Bonchev–Trinajstić information content (AvgIpc) is 1.79. The van der Waals surface area contributed by atoms with Gasteiger partial charge in [-0.3, -0.25) is 34.1 Å². The molecule has 3 aromatic heterocycles. The van der Waals surface area contributed by atoms with Crippen LogP contribution in [0.2, 0.25) is 0 Å². The smallest absolute Gasteiger partial charge is 0.406 e. The fourth-order valence-corrected chi connectivity index (χ4v) is 13.1.